The van der Waals surface area contributed by atoms with Crippen molar-refractivity contribution in [2.45, 2.75) is 6.92 Å². The number of halogens is 1. The van der Waals surface area contributed by atoms with Crippen LogP contribution >= 0.6 is 11.6 Å². The molecular weight excluding hydrogens is 198 g/mol. The Morgan fingerprint density at radius 3 is 2.86 bits per heavy atom. The van der Waals surface area contributed by atoms with E-state index in [2.05, 4.69) is 4.98 Å². The second-order valence-electron chi connectivity index (χ2n) is 3.14. The second-order valence-corrected chi connectivity index (χ2v) is 3.57. The summed E-state index contributed by atoms with van der Waals surface area (Å²) in [4.78, 5) is 15.1. The van der Waals surface area contributed by atoms with E-state index in [1.807, 2.05) is 19.1 Å². The molecule has 0 unspecified atom stereocenters. The Morgan fingerprint density at radius 2 is 2.14 bits per heavy atom. The molecule has 1 heterocycles. The second kappa shape index (κ2) is 3.39. The van der Waals surface area contributed by atoms with Crippen LogP contribution in [0.2, 0.25) is 5.02 Å². The molecule has 0 aliphatic heterocycles. The Hall–Kier alpha value is -1.41. The molecule has 0 spiro atoms. The third-order valence-corrected chi connectivity index (χ3v) is 2.27. The lowest BCUT2D eigenvalue weighted by Crippen LogP contribution is -1.89. The van der Waals surface area contributed by atoms with E-state index in [9.17, 15) is 4.79 Å². The number of aldehydes is 1. The Bertz CT molecular complexity index is 508. The molecule has 14 heavy (non-hydrogen) atoms. The van der Waals surface area contributed by atoms with Gasteiger partial charge in [0.05, 0.1) is 5.52 Å². The lowest BCUT2D eigenvalue weighted by atomic mass is 10.1. The molecule has 0 saturated heterocycles. The van der Waals surface area contributed by atoms with Crippen LogP contribution in [-0.2, 0) is 0 Å². The Morgan fingerprint density at radius 1 is 1.36 bits per heavy atom. The standard InChI is InChI=1S/C11H8ClNO/c1-7-2-3-8-4-10(12)5-9(6-14)11(8)13-7/h2-6H,1H3. The van der Waals surface area contributed by atoms with Gasteiger partial charge in [-0.1, -0.05) is 17.7 Å². The van der Waals surface area contributed by atoms with E-state index < -0.39 is 0 Å². The van der Waals surface area contributed by atoms with Gasteiger partial charge in [-0.15, -0.1) is 0 Å². The molecule has 0 aliphatic rings. The molecule has 2 rings (SSSR count). The minimum absolute atomic E-state index is 0.538. The topological polar surface area (TPSA) is 30.0 Å². The first kappa shape index (κ1) is 9.16. The van der Waals surface area contributed by atoms with Crippen molar-refractivity contribution in [2.75, 3.05) is 0 Å². The molecule has 0 saturated carbocycles. The van der Waals surface area contributed by atoms with Gasteiger partial charge in [-0.2, -0.15) is 0 Å². The average Bonchev–Trinajstić information content (AvgIpc) is 2.17. The predicted octanol–water partition coefficient (Wildman–Crippen LogP) is 3.01. The van der Waals surface area contributed by atoms with Gasteiger partial charge in [0, 0.05) is 21.7 Å². The van der Waals surface area contributed by atoms with Crippen LogP contribution in [0.4, 0.5) is 0 Å². The molecule has 1 aromatic heterocycles. The molecule has 70 valence electrons. The summed E-state index contributed by atoms with van der Waals surface area (Å²) in [7, 11) is 0. The molecule has 0 aliphatic carbocycles. The third kappa shape index (κ3) is 1.49. The highest BCUT2D eigenvalue weighted by Crippen LogP contribution is 2.21. The van der Waals surface area contributed by atoms with Gasteiger partial charge in [0.15, 0.2) is 6.29 Å². The van der Waals surface area contributed by atoms with Gasteiger partial charge in [0.2, 0.25) is 0 Å². The Kier molecular flexibility index (Phi) is 2.22. The van der Waals surface area contributed by atoms with Crippen molar-refractivity contribution in [3.8, 4) is 0 Å². The molecule has 1 aromatic carbocycles. The van der Waals surface area contributed by atoms with Crippen molar-refractivity contribution < 1.29 is 4.79 Å². The van der Waals surface area contributed by atoms with Crippen molar-refractivity contribution >= 4 is 28.8 Å². The van der Waals surface area contributed by atoms with E-state index in [1.54, 1.807) is 12.1 Å². The van der Waals surface area contributed by atoms with E-state index >= 15 is 0 Å². The highest BCUT2D eigenvalue weighted by molar-refractivity contribution is 6.31. The first-order valence-corrected chi connectivity index (χ1v) is 4.60. The summed E-state index contributed by atoms with van der Waals surface area (Å²) in [6.45, 7) is 1.89. The third-order valence-electron chi connectivity index (χ3n) is 2.05. The van der Waals surface area contributed by atoms with Crippen molar-refractivity contribution in [3.05, 3.63) is 40.5 Å². The van der Waals surface area contributed by atoms with Crippen molar-refractivity contribution in [1.82, 2.24) is 4.98 Å². The molecule has 0 bridgehead atoms. The molecule has 2 nitrogen and oxygen atoms in total. The summed E-state index contributed by atoms with van der Waals surface area (Å²) < 4.78 is 0. The number of carbonyl (C=O) groups excluding carboxylic acids is 1. The van der Waals surface area contributed by atoms with Gasteiger partial charge < -0.3 is 0 Å². The molecule has 0 N–H and O–H groups in total. The molecule has 2 aromatic rings. The fourth-order valence-electron chi connectivity index (χ4n) is 1.41. The maximum Gasteiger partial charge on any atom is 0.152 e. The molecule has 0 fully saturated rings. The van der Waals surface area contributed by atoms with E-state index in [1.165, 1.54) is 0 Å². The fourth-order valence-corrected chi connectivity index (χ4v) is 1.65. The van der Waals surface area contributed by atoms with Gasteiger partial charge in [0.25, 0.3) is 0 Å². The van der Waals surface area contributed by atoms with E-state index in [4.69, 9.17) is 11.6 Å². The van der Waals surface area contributed by atoms with E-state index in [0.717, 1.165) is 17.4 Å². The quantitative estimate of drug-likeness (QED) is 0.670. The van der Waals surface area contributed by atoms with Crippen LogP contribution in [-0.4, -0.2) is 11.3 Å². The van der Waals surface area contributed by atoms with Crippen LogP contribution in [0.15, 0.2) is 24.3 Å². The smallest absolute Gasteiger partial charge is 0.152 e. The maximum atomic E-state index is 10.8. The van der Waals surface area contributed by atoms with Crippen LogP contribution in [0, 0.1) is 6.92 Å². The number of hydrogen-bond acceptors (Lipinski definition) is 2. The lowest BCUT2D eigenvalue weighted by molar-refractivity contribution is 0.112. The number of nitrogens with zero attached hydrogens (tertiary/aromatic N) is 1. The molecular formula is C11H8ClNO. The van der Waals surface area contributed by atoms with Crippen LogP contribution in [0.3, 0.4) is 0 Å². The molecule has 3 heteroatoms. The van der Waals surface area contributed by atoms with Crippen molar-refractivity contribution in [2.24, 2.45) is 0 Å². The minimum atomic E-state index is 0.538. The minimum Gasteiger partial charge on any atom is -0.298 e. The fraction of sp³-hybridized carbons (Fsp3) is 0.0909. The summed E-state index contributed by atoms with van der Waals surface area (Å²) in [6, 6.07) is 7.24. The monoisotopic (exact) mass is 205 g/mol. The average molecular weight is 206 g/mol. The van der Waals surface area contributed by atoms with Gasteiger partial charge in [-0.25, -0.2) is 0 Å². The van der Waals surface area contributed by atoms with Gasteiger partial charge in [-0.05, 0) is 25.1 Å². The van der Waals surface area contributed by atoms with Crippen LogP contribution in [0.1, 0.15) is 16.1 Å². The first-order valence-electron chi connectivity index (χ1n) is 4.23. The molecule has 0 radical (unpaired) electrons. The number of aryl methyl sites for hydroxylation is 1. The number of pyridine rings is 1. The molecule has 0 amide bonds. The highest BCUT2D eigenvalue weighted by atomic mass is 35.5. The normalized spacial score (nSPS) is 10.4. The zero-order valence-electron chi connectivity index (χ0n) is 7.62. The van der Waals surface area contributed by atoms with E-state index in [-0.39, 0.29) is 0 Å². The summed E-state index contributed by atoms with van der Waals surface area (Å²) in [5.74, 6) is 0. The highest BCUT2D eigenvalue weighted by Gasteiger charge is 2.03. The van der Waals surface area contributed by atoms with Gasteiger partial charge >= 0.3 is 0 Å². The summed E-state index contributed by atoms with van der Waals surface area (Å²) in [5.41, 5.74) is 2.14. The number of hydrogen-bond donors (Lipinski definition) is 0. The number of fused-ring (bicyclic) bond motifs is 1. The molecule has 0 atom stereocenters. The van der Waals surface area contributed by atoms with Crippen LogP contribution in [0.25, 0.3) is 10.9 Å². The van der Waals surface area contributed by atoms with Gasteiger partial charge in [-0.3, -0.25) is 9.78 Å². The first-order chi connectivity index (χ1) is 6.70. The maximum absolute atomic E-state index is 10.8. The Labute approximate surface area is 86.5 Å². The number of carbonyl (C=O) groups is 1. The van der Waals surface area contributed by atoms with Crippen molar-refractivity contribution in [1.29, 1.82) is 0 Å². The summed E-state index contributed by atoms with van der Waals surface area (Å²) in [6.07, 6.45) is 0.778. The zero-order chi connectivity index (χ0) is 10.1. The lowest BCUT2D eigenvalue weighted by Gasteiger charge is -2.02. The summed E-state index contributed by atoms with van der Waals surface area (Å²) in [5, 5.41) is 1.45. The largest absolute Gasteiger partial charge is 0.298 e. The van der Waals surface area contributed by atoms with Crippen LogP contribution < -0.4 is 0 Å². The van der Waals surface area contributed by atoms with Gasteiger partial charge in [0.1, 0.15) is 0 Å². The van der Waals surface area contributed by atoms with Crippen LogP contribution in [0.5, 0.6) is 0 Å². The zero-order valence-corrected chi connectivity index (χ0v) is 8.38. The SMILES string of the molecule is Cc1ccc2cc(Cl)cc(C=O)c2n1. The number of aromatic nitrogens is 1. The Balaban J connectivity index is 2.88. The summed E-state index contributed by atoms with van der Waals surface area (Å²) >= 11 is 5.86. The number of benzene rings is 1. The predicted molar refractivity (Wildman–Crippen MR) is 56.9 cm³/mol. The van der Waals surface area contributed by atoms with Crippen molar-refractivity contribution in [3.63, 3.8) is 0 Å². The number of rotatable bonds is 1. The van der Waals surface area contributed by atoms with E-state index in [0.29, 0.717) is 16.1 Å².